The van der Waals surface area contributed by atoms with E-state index in [1.807, 2.05) is 0 Å². The molecule has 2 saturated heterocycles. The molecule has 2 rings (SSSR count). The molecule has 0 saturated carbocycles. The van der Waals surface area contributed by atoms with Crippen LogP contribution in [0.15, 0.2) is 0 Å². The van der Waals surface area contributed by atoms with Crippen LogP contribution in [0.3, 0.4) is 0 Å². The lowest BCUT2D eigenvalue weighted by Gasteiger charge is -2.35. The number of ether oxygens (including phenoxy) is 1. The summed E-state index contributed by atoms with van der Waals surface area (Å²) in [5.41, 5.74) is 0. The van der Waals surface area contributed by atoms with E-state index >= 15 is 0 Å². The number of nitrogens with one attached hydrogen (secondary N) is 2. The van der Waals surface area contributed by atoms with Gasteiger partial charge in [0.2, 0.25) is 5.91 Å². The van der Waals surface area contributed by atoms with Crippen molar-refractivity contribution in [3.05, 3.63) is 0 Å². The summed E-state index contributed by atoms with van der Waals surface area (Å²) in [5, 5.41) is 6.40. The van der Waals surface area contributed by atoms with Gasteiger partial charge in [-0.3, -0.25) is 9.69 Å². The molecule has 0 bridgehead atoms. The minimum absolute atomic E-state index is 0.0272. The van der Waals surface area contributed by atoms with Crippen LogP contribution in [-0.4, -0.2) is 62.3 Å². The molecule has 2 fully saturated rings. The van der Waals surface area contributed by atoms with Crippen LogP contribution in [0.1, 0.15) is 33.1 Å². The summed E-state index contributed by atoms with van der Waals surface area (Å²) in [6.07, 6.45) is 3.20. The van der Waals surface area contributed by atoms with E-state index in [4.69, 9.17) is 4.74 Å². The molecule has 20 heavy (non-hydrogen) atoms. The lowest BCUT2D eigenvalue weighted by atomic mass is 10.0. The first-order valence-corrected chi connectivity index (χ1v) is 7.99. The molecule has 5 nitrogen and oxygen atoms in total. The quantitative estimate of drug-likeness (QED) is 0.749. The molecule has 1 unspecified atom stereocenters. The van der Waals surface area contributed by atoms with E-state index in [0.29, 0.717) is 12.0 Å². The summed E-state index contributed by atoms with van der Waals surface area (Å²) < 4.78 is 5.42. The molecule has 5 heteroatoms. The van der Waals surface area contributed by atoms with Gasteiger partial charge in [-0.1, -0.05) is 13.8 Å². The molecule has 2 N–H and O–H groups in total. The Morgan fingerprint density at radius 1 is 1.40 bits per heavy atom. The Morgan fingerprint density at radius 3 is 2.75 bits per heavy atom. The van der Waals surface area contributed by atoms with Gasteiger partial charge >= 0.3 is 0 Å². The highest BCUT2D eigenvalue weighted by molar-refractivity contribution is 5.82. The lowest BCUT2D eigenvalue weighted by molar-refractivity contribution is -0.123. The monoisotopic (exact) mass is 283 g/mol. The third-order valence-electron chi connectivity index (χ3n) is 4.19. The molecule has 116 valence electrons. The first-order chi connectivity index (χ1) is 9.66. The third kappa shape index (κ3) is 4.72. The summed E-state index contributed by atoms with van der Waals surface area (Å²) in [6, 6.07) is 0.462. The molecular weight excluding hydrogens is 254 g/mol. The van der Waals surface area contributed by atoms with Crippen LogP contribution < -0.4 is 10.6 Å². The van der Waals surface area contributed by atoms with E-state index < -0.39 is 0 Å². The van der Waals surface area contributed by atoms with Crippen molar-refractivity contribution in [2.45, 2.75) is 45.2 Å². The van der Waals surface area contributed by atoms with Gasteiger partial charge in [0.25, 0.3) is 0 Å². The van der Waals surface area contributed by atoms with Crippen LogP contribution >= 0.6 is 0 Å². The van der Waals surface area contributed by atoms with Crippen molar-refractivity contribution >= 4 is 5.91 Å². The fraction of sp³-hybridized carbons (Fsp3) is 0.933. The predicted molar refractivity (Wildman–Crippen MR) is 79.7 cm³/mol. The van der Waals surface area contributed by atoms with E-state index in [1.165, 1.54) is 0 Å². The zero-order valence-corrected chi connectivity index (χ0v) is 12.9. The van der Waals surface area contributed by atoms with Gasteiger partial charge in [0.05, 0.1) is 19.3 Å². The molecule has 1 amide bonds. The van der Waals surface area contributed by atoms with Crippen molar-refractivity contribution in [1.82, 2.24) is 15.5 Å². The van der Waals surface area contributed by atoms with Gasteiger partial charge in [0, 0.05) is 25.7 Å². The number of carbonyl (C=O) groups excluding carboxylic acids is 1. The number of amides is 1. The standard InChI is InChI=1S/C15H29N3O2/c1-12(2)10-13(18-6-8-20-9-7-18)11-17-15(19)14-4-3-5-16-14/h12-14,16H,3-11H2,1-2H3,(H,17,19)/t13?,14-/m0/s1. The van der Waals surface area contributed by atoms with Gasteiger partial charge in [0.15, 0.2) is 0 Å². The molecule has 0 radical (unpaired) electrons. The van der Waals surface area contributed by atoms with E-state index in [-0.39, 0.29) is 11.9 Å². The van der Waals surface area contributed by atoms with Crippen molar-refractivity contribution in [3.8, 4) is 0 Å². The van der Waals surface area contributed by atoms with E-state index in [1.54, 1.807) is 0 Å². The van der Waals surface area contributed by atoms with Gasteiger partial charge in [-0.25, -0.2) is 0 Å². The highest BCUT2D eigenvalue weighted by Crippen LogP contribution is 2.13. The van der Waals surface area contributed by atoms with Gasteiger partial charge in [-0.2, -0.15) is 0 Å². The second-order valence-corrected chi connectivity index (χ2v) is 6.33. The maximum Gasteiger partial charge on any atom is 0.237 e. The maximum atomic E-state index is 12.1. The Balaban J connectivity index is 1.81. The average Bonchev–Trinajstić information content (AvgIpc) is 2.98. The van der Waals surface area contributed by atoms with Gasteiger partial charge in [0.1, 0.15) is 0 Å². The molecule has 2 heterocycles. The second kappa shape index (κ2) is 7.96. The smallest absolute Gasteiger partial charge is 0.237 e. The topological polar surface area (TPSA) is 53.6 Å². The zero-order chi connectivity index (χ0) is 14.4. The van der Waals surface area contributed by atoms with Crippen LogP contribution in [0, 0.1) is 5.92 Å². The van der Waals surface area contributed by atoms with Crippen molar-refractivity contribution in [2.75, 3.05) is 39.4 Å². The second-order valence-electron chi connectivity index (χ2n) is 6.33. The number of nitrogens with zero attached hydrogens (tertiary/aromatic N) is 1. The maximum absolute atomic E-state index is 12.1. The Labute approximate surface area is 122 Å². The number of hydrogen-bond donors (Lipinski definition) is 2. The molecular formula is C15H29N3O2. The van der Waals surface area contributed by atoms with Crippen molar-refractivity contribution in [2.24, 2.45) is 5.92 Å². The van der Waals surface area contributed by atoms with Crippen LogP contribution in [0.2, 0.25) is 0 Å². The fourth-order valence-corrected chi connectivity index (χ4v) is 3.10. The number of hydrogen-bond acceptors (Lipinski definition) is 4. The summed E-state index contributed by atoms with van der Waals surface area (Å²) in [5.74, 6) is 0.814. The molecule has 0 aliphatic carbocycles. The van der Waals surface area contributed by atoms with Crippen LogP contribution in [0.25, 0.3) is 0 Å². The average molecular weight is 283 g/mol. The molecule has 0 aromatic rings. The van der Waals surface area contributed by atoms with Crippen molar-refractivity contribution < 1.29 is 9.53 Å². The molecule has 2 aliphatic rings. The molecule has 0 aromatic heterocycles. The summed E-state index contributed by atoms with van der Waals surface area (Å²) in [4.78, 5) is 14.6. The Kier molecular flexibility index (Phi) is 6.26. The van der Waals surface area contributed by atoms with Gasteiger partial charge in [-0.15, -0.1) is 0 Å². The summed E-state index contributed by atoms with van der Waals surface area (Å²) in [7, 11) is 0. The minimum Gasteiger partial charge on any atom is -0.379 e. The van der Waals surface area contributed by atoms with E-state index in [9.17, 15) is 4.79 Å². The highest BCUT2D eigenvalue weighted by atomic mass is 16.5. The van der Waals surface area contributed by atoms with Crippen molar-refractivity contribution in [1.29, 1.82) is 0 Å². The third-order valence-corrected chi connectivity index (χ3v) is 4.19. The normalized spacial score (nSPS) is 25.9. The molecule has 0 spiro atoms. The first-order valence-electron chi connectivity index (χ1n) is 7.99. The van der Waals surface area contributed by atoms with E-state index in [2.05, 4.69) is 29.4 Å². The SMILES string of the molecule is CC(C)CC(CNC(=O)[C@@H]1CCCN1)N1CCOCC1. The Bertz CT molecular complexity index is 297. The summed E-state index contributed by atoms with van der Waals surface area (Å²) in [6.45, 7) is 9.80. The van der Waals surface area contributed by atoms with Gasteiger partial charge in [-0.05, 0) is 31.7 Å². The molecule has 2 atom stereocenters. The number of morpholine rings is 1. The highest BCUT2D eigenvalue weighted by Gasteiger charge is 2.25. The Hall–Kier alpha value is -0.650. The Morgan fingerprint density at radius 2 is 2.15 bits per heavy atom. The summed E-state index contributed by atoms with van der Waals surface area (Å²) >= 11 is 0. The van der Waals surface area contributed by atoms with Crippen LogP contribution in [0.4, 0.5) is 0 Å². The first kappa shape index (κ1) is 15.7. The van der Waals surface area contributed by atoms with Gasteiger partial charge < -0.3 is 15.4 Å². The number of carbonyl (C=O) groups is 1. The molecule has 2 aliphatic heterocycles. The lowest BCUT2D eigenvalue weighted by Crippen LogP contribution is -2.51. The van der Waals surface area contributed by atoms with Crippen LogP contribution in [0.5, 0.6) is 0 Å². The van der Waals surface area contributed by atoms with E-state index in [0.717, 1.165) is 58.7 Å². The predicted octanol–water partition coefficient (Wildman–Crippen LogP) is 0.602. The molecule has 0 aromatic carbocycles. The minimum atomic E-state index is 0.0272. The largest absolute Gasteiger partial charge is 0.379 e. The number of rotatable bonds is 6. The zero-order valence-electron chi connectivity index (χ0n) is 12.9. The van der Waals surface area contributed by atoms with Crippen LogP contribution in [-0.2, 0) is 9.53 Å². The fourth-order valence-electron chi connectivity index (χ4n) is 3.10. The van der Waals surface area contributed by atoms with Crippen molar-refractivity contribution in [3.63, 3.8) is 0 Å².